The Bertz CT molecular complexity index is 1210. The van der Waals surface area contributed by atoms with E-state index in [0.717, 1.165) is 17.7 Å². The van der Waals surface area contributed by atoms with Crippen LogP contribution in [0.25, 0.3) is 11.1 Å². The summed E-state index contributed by atoms with van der Waals surface area (Å²) in [5, 5.41) is 2.76. The van der Waals surface area contributed by atoms with Crippen molar-refractivity contribution in [3.8, 4) is 16.9 Å². The fourth-order valence-electron chi connectivity index (χ4n) is 3.21. The Morgan fingerprint density at radius 1 is 1.16 bits per heavy atom. The largest absolute Gasteiger partial charge is 0.487 e. The number of aryl methyl sites for hydroxylation is 2. The maximum Gasteiger partial charge on any atom is 0.266 e. The molecule has 0 fully saturated rings. The van der Waals surface area contributed by atoms with Gasteiger partial charge in [-0.15, -0.1) is 0 Å². The SMILES string of the molecule is CCNC(=O)c1ccc(C)c(-c2c(C)[nH]c(=O)c(Br)c2OCc2ccc(F)cc2F)c1. The van der Waals surface area contributed by atoms with Gasteiger partial charge in [-0.05, 0) is 72.1 Å². The molecule has 31 heavy (non-hydrogen) atoms. The van der Waals surface area contributed by atoms with Crippen LogP contribution in [0, 0.1) is 25.5 Å². The Hall–Kier alpha value is -3.00. The van der Waals surface area contributed by atoms with E-state index in [1.54, 1.807) is 19.1 Å². The molecule has 0 aliphatic rings. The molecule has 1 aromatic heterocycles. The van der Waals surface area contributed by atoms with Crippen molar-refractivity contribution in [2.45, 2.75) is 27.4 Å². The van der Waals surface area contributed by atoms with E-state index in [4.69, 9.17) is 4.74 Å². The smallest absolute Gasteiger partial charge is 0.266 e. The van der Waals surface area contributed by atoms with Gasteiger partial charge < -0.3 is 15.0 Å². The molecule has 162 valence electrons. The van der Waals surface area contributed by atoms with Crippen LogP contribution in [0.1, 0.15) is 34.1 Å². The van der Waals surface area contributed by atoms with Gasteiger partial charge in [-0.3, -0.25) is 9.59 Å². The Labute approximate surface area is 186 Å². The van der Waals surface area contributed by atoms with Crippen molar-refractivity contribution in [2.75, 3.05) is 6.54 Å². The molecule has 2 N–H and O–H groups in total. The second-order valence-electron chi connectivity index (χ2n) is 7.01. The van der Waals surface area contributed by atoms with E-state index < -0.39 is 17.2 Å². The number of aromatic nitrogens is 1. The van der Waals surface area contributed by atoms with E-state index >= 15 is 0 Å². The lowest BCUT2D eigenvalue weighted by molar-refractivity contribution is 0.0956. The Balaban J connectivity index is 2.11. The summed E-state index contributed by atoms with van der Waals surface area (Å²) in [6.45, 7) is 5.70. The molecule has 0 aliphatic heterocycles. The molecular formula is C23H21BrF2N2O3. The number of H-pyrrole nitrogens is 1. The minimum absolute atomic E-state index is 0.137. The van der Waals surface area contributed by atoms with Gasteiger partial charge in [-0.25, -0.2) is 8.78 Å². The normalized spacial score (nSPS) is 10.8. The highest BCUT2D eigenvalue weighted by atomic mass is 79.9. The minimum atomic E-state index is -0.742. The molecule has 0 aliphatic carbocycles. The highest BCUT2D eigenvalue weighted by Gasteiger charge is 2.20. The average Bonchev–Trinajstić information content (AvgIpc) is 2.71. The number of halogens is 3. The van der Waals surface area contributed by atoms with E-state index in [9.17, 15) is 18.4 Å². The van der Waals surface area contributed by atoms with E-state index in [2.05, 4.69) is 26.2 Å². The molecule has 2 aromatic carbocycles. The standard InChI is InChI=1S/C23H21BrF2N2O3/c1-4-27-22(29)14-6-5-12(2)17(9-14)19-13(3)28-23(30)20(24)21(19)31-11-15-7-8-16(25)10-18(15)26/h5-10H,4,11H2,1-3H3,(H,27,29)(H,28,30). The van der Waals surface area contributed by atoms with E-state index in [-0.39, 0.29) is 28.3 Å². The van der Waals surface area contributed by atoms with Gasteiger partial charge >= 0.3 is 0 Å². The Kier molecular flexibility index (Phi) is 6.90. The molecule has 3 rings (SSSR count). The first-order chi connectivity index (χ1) is 14.7. The molecule has 5 nitrogen and oxygen atoms in total. The fraction of sp³-hybridized carbons (Fsp3) is 0.217. The second kappa shape index (κ2) is 9.43. The van der Waals surface area contributed by atoms with Crippen molar-refractivity contribution in [1.29, 1.82) is 0 Å². The average molecular weight is 491 g/mol. The van der Waals surface area contributed by atoms with Crippen LogP contribution in [0.2, 0.25) is 0 Å². The molecule has 0 saturated heterocycles. The first kappa shape index (κ1) is 22.7. The number of benzene rings is 2. The van der Waals surface area contributed by atoms with Crippen molar-refractivity contribution in [1.82, 2.24) is 10.3 Å². The summed E-state index contributed by atoms with van der Waals surface area (Å²) in [5.74, 6) is -1.44. The molecule has 0 radical (unpaired) electrons. The van der Waals surface area contributed by atoms with Crippen molar-refractivity contribution in [3.05, 3.63) is 85.2 Å². The number of carbonyl (C=O) groups excluding carboxylic acids is 1. The van der Waals surface area contributed by atoms with Crippen molar-refractivity contribution in [2.24, 2.45) is 0 Å². The predicted octanol–water partition coefficient (Wildman–Crippen LogP) is 5.03. The van der Waals surface area contributed by atoms with Crippen LogP contribution in [0.4, 0.5) is 8.78 Å². The van der Waals surface area contributed by atoms with Crippen molar-refractivity contribution in [3.63, 3.8) is 0 Å². The van der Waals surface area contributed by atoms with Crippen molar-refractivity contribution >= 4 is 21.8 Å². The third-order valence-electron chi connectivity index (χ3n) is 4.80. The Morgan fingerprint density at radius 2 is 1.90 bits per heavy atom. The summed E-state index contributed by atoms with van der Waals surface area (Å²) in [6, 6.07) is 8.45. The third kappa shape index (κ3) is 4.85. The molecule has 0 spiro atoms. The molecule has 8 heteroatoms. The van der Waals surface area contributed by atoms with Gasteiger partial charge in [-0.1, -0.05) is 6.07 Å². The summed E-state index contributed by atoms with van der Waals surface area (Å²) in [4.78, 5) is 27.4. The monoisotopic (exact) mass is 490 g/mol. The van der Waals surface area contributed by atoms with Gasteiger partial charge in [0.15, 0.2) is 0 Å². The summed E-state index contributed by atoms with van der Waals surface area (Å²) in [5.41, 5.74) is 2.83. The number of amides is 1. The maximum absolute atomic E-state index is 14.1. The number of hydrogen-bond acceptors (Lipinski definition) is 3. The van der Waals surface area contributed by atoms with Crippen LogP contribution in [0.15, 0.2) is 45.7 Å². The molecule has 0 bridgehead atoms. The van der Waals surface area contributed by atoms with Gasteiger partial charge in [0.1, 0.15) is 28.5 Å². The highest BCUT2D eigenvalue weighted by Crippen LogP contribution is 2.38. The van der Waals surface area contributed by atoms with Gasteiger partial charge in [-0.2, -0.15) is 0 Å². The zero-order valence-electron chi connectivity index (χ0n) is 17.2. The zero-order chi connectivity index (χ0) is 22.7. The van der Waals surface area contributed by atoms with E-state index in [0.29, 0.717) is 28.9 Å². The minimum Gasteiger partial charge on any atom is -0.487 e. The van der Waals surface area contributed by atoms with Gasteiger partial charge in [0, 0.05) is 35.0 Å². The van der Waals surface area contributed by atoms with Crippen LogP contribution in [-0.4, -0.2) is 17.4 Å². The summed E-state index contributed by atoms with van der Waals surface area (Å²) < 4.78 is 33.3. The number of aromatic amines is 1. The van der Waals surface area contributed by atoms with Gasteiger partial charge in [0.05, 0.1) is 0 Å². The Morgan fingerprint density at radius 3 is 2.58 bits per heavy atom. The van der Waals surface area contributed by atoms with E-state index in [1.807, 2.05) is 19.9 Å². The molecular weight excluding hydrogens is 470 g/mol. The van der Waals surface area contributed by atoms with Crippen LogP contribution in [0.5, 0.6) is 5.75 Å². The molecule has 1 heterocycles. The van der Waals surface area contributed by atoms with Crippen LogP contribution >= 0.6 is 15.9 Å². The number of hydrogen-bond donors (Lipinski definition) is 2. The fourth-order valence-corrected chi connectivity index (χ4v) is 3.63. The van der Waals surface area contributed by atoms with Crippen LogP contribution < -0.4 is 15.6 Å². The van der Waals surface area contributed by atoms with Gasteiger partial charge in [0.2, 0.25) is 0 Å². The third-order valence-corrected chi connectivity index (χ3v) is 5.52. The number of pyridine rings is 1. The first-order valence-electron chi connectivity index (χ1n) is 9.61. The topological polar surface area (TPSA) is 71.2 Å². The summed E-state index contributed by atoms with van der Waals surface area (Å²) in [7, 11) is 0. The van der Waals surface area contributed by atoms with Gasteiger partial charge in [0.25, 0.3) is 11.5 Å². The van der Waals surface area contributed by atoms with Crippen LogP contribution in [-0.2, 0) is 6.61 Å². The van der Waals surface area contributed by atoms with Crippen molar-refractivity contribution < 1.29 is 18.3 Å². The quantitative estimate of drug-likeness (QED) is 0.509. The predicted molar refractivity (Wildman–Crippen MR) is 118 cm³/mol. The number of rotatable bonds is 6. The van der Waals surface area contributed by atoms with E-state index in [1.165, 1.54) is 6.07 Å². The number of carbonyl (C=O) groups is 1. The molecule has 3 aromatic rings. The molecule has 0 atom stereocenters. The second-order valence-corrected chi connectivity index (χ2v) is 7.80. The lowest BCUT2D eigenvalue weighted by atomic mass is 9.96. The van der Waals surface area contributed by atoms with Crippen LogP contribution in [0.3, 0.4) is 0 Å². The molecule has 1 amide bonds. The lowest BCUT2D eigenvalue weighted by Gasteiger charge is -2.18. The molecule has 0 saturated carbocycles. The highest BCUT2D eigenvalue weighted by molar-refractivity contribution is 9.10. The molecule has 0 unspecified atom stereocenters. The lowest BCUT2D eigenvalue weighted by Crippen LogP contribution is -2.22. The summed E-state index contributed by atoms with van der Waals surface area (Å²) in [6.07, 6.45) is 0. The number of nitrogens with one attached hydrogen (secondary N) is 2. The zero-order valence-corrected chi connectivity index (χ0v) is 18.8. The summed E-state index contributed by atoms with van der Waals surface area (Å²) >= 11 is 3.26. The number of ether oxygens (including phenoxy) is 1. The first-order valence-corrected chi connectivity index (χ1v) is 10.4. The maximum atomic E-state index is 14.1.